The van der Waals surface area contributed by atoms with Crippen molar-refractivity contribution in [3.8, 4) is 11.6 Å². The number of pyridine rings is 1. The van der Waals surface area contributed by atoms with Crippen molar-refractivity contribution in [1.29, 1.82) is 0 Å². The maximum atomic E-state index is 15.0. The van der Waals surface area contributed by atoms with E-state index in [9.17, 15) is 35.9 Å². The average molecular weight is 655 g/mol. The number of hydrogen-bond acceptors (Lipinski definition) is 8. The number of hydrogen-bond donors (Lipinski definition) is 1. The van der Waals surface area contributed by atoms with E-state index >= 15 is 0 Å². The van der Waals surface area contributed by atoms with Gasteiger partial charge in [0.25, 0.3) is 11.8 Å². The Bertz CT molecular complexity index is 1610. The largest absolute Gasteiger partial charge is 0.444 e. The average Bonchev–Trinajstić information content (AvgIpc) is 3.42. The number of ether oxygens (including phenoxy) is 2. The number of rotatable bonds is 4. The van der Waals surface area contributed by atoms with E-state index in [0.29, 0.717) is 11.6 Å². The monoisotopic (exact) mass is 654 g/mol. The molecule has 46 heavy (non-hydrogen) atoms. The van der Waals surface area contributed by atoms with Gasteiger partial charge in [0, 0.05) is 5.41 Å². The molecule has 2 aromatic heterocycles. The number of Topliss-reactive ketones (excluding diaryl/α,β-unsaturated/α-hetero) is 1. The molecule has 1 aliphatic heterocycles. The summed E-state index contributed by atoms with van der Waals surface area (Å²) in [4.78, 5) is 30.1. The zero-order chi connectivity index (χ0) is 34.1. The van der Waals surface area contributed by atoms with E-state index in [4.69, 9.17) is 13.9 Å². The van der Waals surface area contributed by atoms with Crippen molar-refractivity contribution in [3.05, 3.63) is 71.3 Å². The highest BCUT2D eigenvalue weighted by molar-refractivity contribution is 6.01. The number of halogens is 6. The number of anilines is 1. The molecule has 4 bridgehead atoms. The number of nitrogens with zero attached hydrogens (tertiary/aromatic N) is 3. The zero-order valence-electron chi connectivity index (χ0n) is 25.6. The number of allylic oxidation sites excluding steroid dienone is 2. The van der Waals surface area contributed by atoms with Gasteiger partial charge in [-0.1, -0.05) is 56.3 Å². The van der Waals surface area contributed by atoms with Crippen molar-refractivity contribution >= 4 is 17.6 Å². The van der Waals surface area contributed by atoms with Gasteiger partial charge in [-0.25, -0.2) is 9.78 Å². The normalized spacial score (nSPS) is 19.7. The molecule has 0 saturated heterocycles. The fourth-order valence-corrected chi connectivity index (χ4v) is 4.62. The van der Waals surface area contributed by atoms with E-state index < -0.39 is 88.3 Å². The summed E-state index contributed by atoms with van der Waals surface area (Å²) in [5, 5.41) is 9.43. The molecule has 15 heteroatoms. The minimum Gasteiger partial charge on any atom is -0.444 e. The van der Waals surface area contributed by atoms with Crippen LogP contribution in [0.2, 0.25) is 0 Å². The molecule has 4 rings (SSSR count). The standard InChI is InChI=1S/C31H32F6N4O5/c1-27(2,3)46-26(43)38-20-16-19(30(32,33)34)21-23(42)28(4,5)14-10-7-11-15-29(31(35,36)37,44-17-18-12-8-6-9-13-18)25-41-40-24(45-25)22(20)39-21/h6-10,12-13,16H,11,14-15,17H2,1-5H3,(H,38,43)/b10-7-. The van der Waals surface area contributed by atoms with Gasteiger partial charge in [0.1, 0.15) is 11.3 Å². The van der Waals surface area contributed by atoms with E-state index in [1.54, 1.807) is 30.3 Å². The number of fused-ring (bicyclic) bond motifs is 5. The highest BCUT2D eigenvalue weighted by Gasteiger charge is 2.61. The molecule has 248 valence electrons. The van der Waals surface area contributed by atoms with E-state index in [2.05, 4.69) is 20.5 Å². The molecular weight excluding hydrogens is 622 g/mol. The smallest absolute Gasteiger partial charge is 0.426 e. The van der Waals surface area contributed by atoms with Crippen molar-refractivity contribution in [2.75, 3.05) is 5.32 Å². The van der Waals surface area contributed by atoms with Crippen molar-refractivity contribution in [2.24, 2.45) is 5.41 Å². The summed E-state index contributed by atoms with van der Waals surface area (Å²) in [5.74, 6) is -2.86. The molecule has 3 heterocycles. The van der Waals surface area contributed by atoms with Crippen LogP contribution in [-0.2, 0) is 27.9 Å². The Kier molecular flexibility index (Phi) is 9.40. The molecule has 1 N–H and O–H groups in total. The first-order chi connectivity index (χ1) is 21.2. The second-order valence-corrected chi connectivity index (χ2v) is 12.3. The SMILES string of the molecule is CC(C)(C)OC(=O)Nc1cc(C(F)(F)F)c2nc1-c1nnc(o1)C(OCc1ccccc1)(C(F)(F)F)CC/C=C\CC(C)(C)C2=O. The number of carbonyl (C=O) groups excluding carboxylic acids is 2. The molecule has 1 atom stereocenters. The van der Waals surface area contributed by atoms with Gasteiger partial charge in [0.2, 0.25) is 5.60 Å². The number of carbonyl (C=O) groups is 2. The molecule has 0 aliphatic carbocycles. The van der Waals surface area contributed by atoms with Gasteiger partial charge in [0.05, 0.1) is 17.9 Å². The number of amides is 1. The third kappa shape index (κ3) is 7.57. The molecule has 0 spiro atoms. The Morgan fingerprint density at radius 1 is 1.00 bits per heavy atom. The Hall–Kier alpha value is -4.27. The predicted octanol–water partition coefficient (Wildman–Crippen LogP) is 8.42. The number of ketones is 1. The van der Waals surface area contributed by atoms with E-state index in [-0.39, 0.29) is 12.8 Å². The maximum Gasteiger partial charge on any atom is 0.426 e. The molecule has 1 amide bonds. The van der Waals surface area contributed by atoms with Crippen LogP contribution >= 0.6 is 0 Å². The topological polar surface area (TPSA) is 116 Å². The summed E-state index contributed by atoms with van der Waals surface area (Å²) in [5.41, 5.74) is -9.20. The molecule has 0 radical (unpaired) electrons. The second-order valence-electron chi connectivity index (χ2n) is 12.3. The van der Waals surface area contributed by atoms with Crippen LogP contribution in [0, 0.1) is 5.41 Å². The highest BCUT2D eigenvalue weighted by atomic mass is 19.4. The minimum absolute atomic E-state index is 0.125. The third-order valence-corrected chi connectivity index (χ3v) is 7.01. The van der Waals surface area contributed by atoms with Crippen molar-refractivity contribution in [3.63, 3.8) is 0 Å². The maximum absolute atomic E-state index is 15.0. The fourth-order valence-electron chi connectivity index (χ4n) is 4.62. The quantitative estimate of drug-likeness (QED) is 0.220. The Morgan fingerprint density at radius 3 is 2.28 bits per heavy atom. The van der Waals surface area contributed by atoms with Crippen LogP contribution in [0.15, 0.2) is 53.0 Å². The van der Waals surface area contributed by atoms with Crippen LogP contribution in [0.1, 0.15) is 81.4 Å². The van der Waals surface area contributed by atoms with E-state index in [1.807, 2.05) is 0 Å². The van der Waals surface area contributed by atoms with Crippen LogP contribution in [-0.4, -0.2) is 38.8 Å². The molecule has 9 nitrogen and oxygen atoms in total. The summed E-state index contributed by atoms with van der Waals surface area (Å²) in [7, 11) is 0. The highest BCUT2D eigenvalue weighted by Crippen LogP contribution is 2.47. The first-order valence-corrected chi connectivity index (χ1v) is 14.1. The Labute approximate surface area is 260 Å². The number of aromatic nitrogens is 3. The zero-order valence-corrected chi connectivity index (χ0v) is 25.6. The summed E-state index contributed by atoms with van der Waals surface area (Å²) >= 11 is 0. The van der Waals surface area contributed by atoms with Crippen molar-refractivity contribution in [2.45, 2.75) is 84.0 Å². The number of benzene rings is 1. The second kappa shape index (κ2) is 12.5. The van der Waals surface area contributed by atoms with Gasteiger partial charge in [-0.05, 0) is 51.7 Å². The van der Waals surface area contributed by atoms with Gasteiger partial charge in [0.15, 0.2) is 11.5 Å². The van der Waals surface area contributed by atoms with Crippen molar-refractivity contribution in [1.82, 2.24) is 15.2 Å². The molecule has 3 aromatic rings. The molecular formula is C31H32F6N4O5. The first kappa shape index (κ1) is 34.6. The Balaban J connectivity index is 1.97. The lowest BCUT2D eigenvalue weighted by Crippen LogP contribution is -2.45. The number of alkyl halides is 6. The van der Waals surface area contributed by atoms with Crippen LogP contribution < -0.4 is 5.32 Å². The minimum atomic E-state index is -5.13. The van der Waals surface area contributed by atoms with Gasteiger partial charge < -0.3 is 13.9 Å². The molecule has 1 aromatic carbocycles. The summed E-state index contributed by atoms with van der Waals surface area (Å²) in [6, 6.07) is 8.48. The van der Waals surface area contributed by atoms with Crippen LogP contribution in [0.25, 0.3) is 11.6 Å². The van der Waals surface area contributed by atoms with Gasteiger partial charge in [-0.2, -0.15) is 26.3 Å². The lowest BCUT2D eigenvalue weighted by Gasteiger charge is -2.32. The first-order valence-electron chi connectivity index (χ1n) is 14.1. The van der Waals surface area contributed by atoms with Crippen LogP contribution in [0.4, 0.5) is 36.8 Å². The lowest BCUT2D eigenvalue weighted by atomic mass is 9.81. The van der Waals surface area contributed by atoms with E-state index in [0.717, 1.165) is 0 Å². The lowest BCUT2D eigenvalue weighted by molar-refractivity contribution is -0.299. The predicted molar refractivity (Wildman–Crippen MR) is 152 cm³/mol. The Morgan fingerprint density at radius 2 is 1.67 bits per heavy atom. The van der Waals surface area contributed by atoms with Crippen LogP contribution in [0.5, 0.6) is 0 Å². The summed E-state index contributed by atoms with van der Waals surface area (Å²) < 4.78 is 104. The van der Waals surface area contributed by atoms with Gasteiger partial charge in [-0.3, -0.25) is 10.1 Å². The van der Waals surface area contributed by atoms with Gasteiger partial charge >= 0.3 is 18.4 Å². The fraction of sp³-hybridized carbons (Fsp3) is 0.452. The molecule has 0 saturated carbocycles. The molecule has 1 unspecified atom stereocenters. The van der Waals surface area contributed by atoms with Crippen molar-refractivity contribution < 1.29 is 49.8 Å². The number of nitrogens with one attached hydrogen (secondary N) is 1. The third-order valence-electron chi connectivity index (χ3n) is 7.01. The van der Waals surface area contributed by atoms with E-state index in [1.165, 1.54) is 46.8 Å². The summed E-state index contributed by atoms with van der Waals surface area (Å²) in [6.45, 7) is 6.78. The van der Waals surface area contributed by atoms with Gasteiger partial charge in [-0.15, -0.1) is 10.2 Å². The van der Waals surface area contributed by atoms with Crippen LogP contribution in [0.3, 0.4) is 0 Å². The molecule has 0 fully saturated rings. The molecule has 1 aliphatic rings. The summed E-state index contributed by atoms with van der Waals surface area (Å²) in [6.07, 6.45) is -9.74.